The van der Waals surface area contributed by atoms with Crippen molar-refractivity contribution in [3.8, 4) is 0 Å². The number of carbonyl (C=O) groups excluding carboxylic acids is 2. The van der Waals surface area contributed by atoms with Gasteiger partial charge in [0.15, 0.2) is 0 Å². The number of benzene rings is 1. The fraction of sp³-hybridized carbons (Fsp3) is 0.526. The molecule has 2 N–H and O–H groups in total. The van der Waals surface area contributed by atoms with E-state index in [4.69, 9.17) is 0 Å². The number of carbonyl (C=O) groups is 2. The average Bonchev–Trinajstić information content (AvgIpc) is 2.54. The van der Waals surface area contributed by atoms with Gasteiger partial charge in [-0.05, 0) is 50.8 Å². The van der Waals surface area contributed by atoms with E-state index in [1.54, 1.807) is 0 Å². The number of nitrogens with zero attached hydrogens (tertiary/aromatic N) is 1. The maximum absolute atomic E-state index is 12.0. The SMILES string of the molecule is CCCCC/C(C)=N/NC(=O)CCC(=O)Nc1cc(C)ccc1C. The van der Waals surface area contributed by atoms with Gasteiger partial charge >= 0.3 is 0 Å². The molecular formula is C19H29N3O2. The minimum atomic E-state index is -0.235. The molecular weight excluding hydrogens is 302 g/mol. The molecule has 0 heterocycles. The predicted octanol–water partition coefficient (Wildman–Crippen LogP) is 4.09. The van der Waals surface area contributed by atoms with Crippen molar-refractivity contribution >= 4 is 23.2 Å². The van der Waals surface area contributed by atoms with E-state index in [0.717, 1.165) is 41.8 Å². The largest absolute Gasteiger partial charge is 0.326 e. The topological polar surface area (TPSA) is 70.6 Å². The van der Waals surface area contributed by atoms with Crippen molar-refractivity contribution in [3.63, 3.8) is 0 Å². The Morgan fingerprint density at radius 1 is 1.04 bits per heavy atom. The summed E-state index contributed by atoms with van der Waals surface area (Å²) in [4.78, 5) is 23.7. The predicted molar refractivity (Wildman–Crippen MR) is 99.2 cm³/mol. The normalized spacial score (nSPS) is 11.2. The minimum Gasteiger partial charge on any atom is -0.326 e. The van der Waals surface area contributed by atoms with Gasteiger partial charge in [0.05, 0.1) is 0 Å². The maximum Gasteiger partial charge on any atom is 0.240 e. The number of amides is 2. The Morgan fingerprint density at radius 3 is 2.46 bits per heavy atom. The van der Waals surface area contributed by atoms with E-state index >= 15 is 0 Å². The molecule has 5 heteroatoms. The van der Waals surface area contributed by atoms with E-state index in [1.165, 1.54) is 6.42 Å². The van der Waals surface area contributed by atoms with E-state index in [9.17, 15) is 9.59 Å². The molecule has 0 radical (unpaired) electrons. The molecule has 0 saturated carbocycles. The van der Waals surface area contributed by atoms with Crippen LogP contribution < -0.4 is 10.7 Å². The number of hydrogen-bond acceptors (Lipinski definition) is 3. The first-order valence-electron chi connectivity index (χ1n) is 8.61. The quantitative estimate of drug-likeness (QED) is 0.406. The first-order chi connectivity index (χ1) is 11.4. The lowest BCUT2D eigenvalue weighted by molar-refractivity contribution is -0.124. The second-order valence-corrected chi connectivity index (χ2v) is 6.21. The van der Waals surface area contributed by atoms with Crippen molar-refractivity contribution < 1.29 is 9.59 Å². The lowest BCUT2D eigenvalue weighted by Gasteiger charge is -2.09. The highest BCUT2D eigenvalue weighted by Gasteiger charge is 2.08. The van der Waals surface area contributed by atoms with Crippen molar-refractivity contribution in [2.45, 2.75) is 66.2 Å². The van der Waals surface area contributed by atoms with Crippen LogP contribution in [-0.4, -0.2) is 17.5 Å². The molecule has 0 bridgehead atoms. The molecule has 1 aromatic rings. The van der Waals surface area contributed by atoms with Crippen LogP contribution in [-0.2, 0) is 9.59 Å². The molecule has 24 heavy (non-hydrogen) atoms. The van der Waals surface area contributed by atoms with Crippen LogP contribution in [0.4, 0.5) is 5.69 Å². The van der Waals surface area contributed by atoms with Crippen LogP contribution in [0.15, 0.2) is 23.3 Å². The molecule has 2 amide bonds. The van der Waals surface area contributed by atoms with Gasteiger partial charge in [0.2, 0.25) is 11.8 Å². The van der Waals surface area contributed by atoms with E-state index in [1.807, 2.05) is 39.0 Å². The van der Waals surface area contributed by atoms with Crippen LogP contribution in [0, 0.1) is 13.8 Å². The summed E-state index contributed by atoms with van der Waals surface area (Å²) in [7, 11) is 0. The van der Waals surface area contributed by atoms with Crippen molar-refractivity contribution in [1.29, 1.82) is 0 Å². The van der Waals surface area contributed by atoms with E-state index in [2.05, 4.69) is 22.8 Å². The highest BCUT2D eigenvalue weighted by molar-refractivity contribution is 5.94. The van der Waals surface area contributed by atoms with E-state index in [-0.39, 0.29) is 24.7 Å². The molecule has 0 aliphatic heterocycles. The van der Waals surface area contributed by atoms with Gasteiger partial charge in [-0.15, -0.1) is 0 Å². The number of hydrogen-bond donors (Lipinski definition) is 2. The molecule has 0 saturated heterocycles. The van der Waals surface area contributed by atoms with Gasteiger partial charge in [-0.1, -0.05) is 31.9 Å². The highest BCUT2D eigenvalue weighted by Crippen LogP contribution is 2.16. The fourth-order valence-electron chi connectivity index (χ4n) is 2.21. The smallest absolute Gasteiger partial charge is 0.240 e. The van der Waals surface area contributed by atoms with Crippen molar-refractivity contribution in [2.75, 3.05) is 5.32 Å². The first-order valence-corrected chi connectivity index (χ1v) is 8.61. The van der Waals surface area contributed by atoms with Gasteiger partial charge in [0.1, 0.15) is 0 Å². The van der Waals surface area contributed by atoms with E-state index in [0.29, 0.717) is 0 Å². The average molecular weight is 331 g/mol. The highest BCUT2D eigenvalue weighted by atomic mass is 16.2. The van der Waals surface area contributed by atoms with Crippen LogP contribution in [0.25, 0.3) is 0 Å². The third-order valence-corrected chi connectivity index (χ3v) is 3.76. The third kappa shape index (κ3) is 7.90. The molecule has 0 spiro atoms. The lowest BCUT2D eigenvalue weighted by Crippen LogP contribution is -2.21. The van der Waals surface area contributed by atoms with E-state index < -0.39 is 0 Å². The minimum absolute atomic E-state index is 0.127. The summed E-state index contributed by atoms with van der Waals surface area (Å²) in [6.07, 6.45) is 4.57. The molecule has 0 atom stereocenters. The summed E-state index contributed by atoms with van der Waals surface area (Å²) in [5.41, 5.74) is 6.32. The summed E-state index contributed by atoms with van der Waals surface area (Å²) in [6, 6.07) is 5.89. The molecule has 1 aromatic carbocycles. The zero-order valence-corrected chi connectivity index (χ0v) is 15.2. The van der Waals surface area contributed by atoms with Gasteiger partial charge in [-0.2, -0.15) is 5.10 Å². The third-order valence-electron chi connectivity index (χ3n) is 3.76. The van der Waals surface area contributed by atoms with Crippen LogP contribution in [0.3, 0.4) is 0 Å². The number of anilines is 1. The summed E-state index contributed by atoms with van der Waals surface area (Å²) < 4.78 is 0. The van der Waals surface area contributed by atoms with Gasteiger partial charge in [-0.25, -0.2) is 5.43 Å². The number of unbranched alkanes of at least 4 members (excludes halogenated alkanes) is 2. The summed E-state index contributed by atoms with van der Waals surface area (Å²) in [5, 5.41) is 6.92. The number of nitrogens with one attached hydrogen (secondary N) is 2. The van der Waals surface area contributed by atoms with Gasteiger partial charge < -0.3 is 5.32 Å². The molecule has 5 nitrogen and oxygen atoms in total. The van der Waals surface area contributed by atoms with Crippen LogP contribution in [0.1, 0.15) is 63.5 Å². The standard InChI is InChI=1S/C19H29N3O2/c1-5-6-7-8-16(4)21-22-19(24)12-11-18(23)20-17-13-14(2)9-10-15(17)3/h9-10,13H,5-8,11-12H2,1-4H3,(H,20,23)(H,22,24)/b21-16+. The Kier molecular flexibility index (Phi) is 8.76. The summed E-state index contributed by atoms with van der Waals surface area (Å²) in [6.45, 7) is 7.97. The zero-order chi connectivity index (χ0) is 17.9. The Labute approximate surface area is 144 Å². The van der Waals surface area contributed by atoms with Crippen LogP contribution in [0.2, 0.25) is 0 Å². The Balaban J connectivity index is 2.34. The molecule has 0 unspecified atom stereocenters. The molecule has 132 valence electrons. The van der Waals surface area contributed by atoms with Crippen LogP contribution in [0.5, 0.6) is 0 Å². The maximum atomic E-state index is 12.0. The van der Waals surface area contributed by atoms with Crippen molar-refractivity contribution in [1.82, 2.24) is 5.43 Å². The number of hydrazone groups is 1. The second-order valence-electron chi connectivity index (χ2n) is 6.21. The van der Waals surface area contributed by atoms with Gasteiger partial charge in [0, 0.05) is 24.2 Å². The Morgan fingerprint density at radius 2 is 1.75 bits per heavy atom. The van der Waals surface area contributed by atoms with Crippen molar-refractivity contribution in [2.24, 2.45) is 5.10 Å². The monoisotopic (exact) mass is 331 g/mol. The van der Waals surface area contributed by atoms with Crippen molar-refractivity contribution in [3.05, 3.63) is 29.3 Å². The molecule has 0 aliphatic rings. The molecule has 0 aromatic heterocycles. The van der Waals surface area contributed by atoms with Gasteiger partial charge in [0.25, 0.3) is 0 Å². The molecule has 0 fully saturated rings. The molecule has 0 aliphatic carbocycles. The van der Waals surface area contributed by atoms with Crippen LogP contribution >= 0.6 is 0 Å². The van der Waals surface area contributed by atoms with Gasteiger partial charge in [-0.3, -0.25) is 9.59 Å². The number of aryl methyl sites for hydroxylation is 2. The zero-order valence-electron chi connectivity index (χ0n) is 15.2. The number of rotatable bonds is 9. The summed E-state index contributed by atoms with van der Waals surface area (Å²) >= 11 is 0. The first kappa shape index (κ1) is 19.9. The Bertz CT molecular complexity index is 594. The fourth-order valence-corrected chi connectivity index (χ4v) is 2.21. The lowest BCUT2D eigenvalue weighted by atomic mass is 10.1. The molecule has 1 rings (SSSR count). The second kappa shape index (κ2) is 10.6. The Hall–Kier alpha value is -2.17. The summed E-state index contributed by atoms with van der Waals surface area (Å²) in [5.74, 6) is -0.400.